The molecule has 0 aliphatic heterocycles. The van der Waals surface area contributed by atoms with Crippen molar-refractivity contribution in [2.24, 2.45) is 11.8 Å². The minimum Gasteiger partial charge on any atom is -0.392 e. The molecule has 1 aromatic rings. The van der Waals surface area contributed by atoms with Crippen LogP contribution in [0.5, 0.6) is 0 Å². The molecule has 2 heteroatoms. The lowest BCUT2D eigenvalue weighted by molar-refractivity contribution is 0.282. The maximum absolute atomic E-state index is 9.30. The van der Waals surface area contributed by atoms with Crippen LogP contribution in [0.15, 0.2) is 24.3 Å². The van der Waals surface area contributed by atoms with E-state index in [9.17, 15) is 5.11 Å². The van der Waals surface area contributed by atoms with Crippen molar-refractivity contribution in [3.63, 3.8) is 0 Å². The van der Waals surface area contributed by atoms with Crippen LogP contribution in [0.25, 0.3) is 0 Å². The van der Waals surface area contributed by atoms with Crippen molar-refractivity contribution in [3.05, 3.63) is 29.8 Å². The molecule has 16 heavy (non-hydrogen) atoms. The number of hydrogen-bond acceptors (Lipinski definition) is 2. The van der Waals surface area contributed by atoms with Crippen LogP contribution in [-0.4, -0.2) is 11.1 Å². The van der Waals surface area contributed by atoms with E-state index in [4.69, 9.17) is 0 Å². The highest BCUT2D eigenvalue weighted by Crippen LogP contribution is 2.46. The van der Waals surface area contributed by atoms with Crippen LogP contribution >= 0.6 is 0 Å². The first-order valence-corrected chi connectivity index (χ1v) is 6.34. The van der Waals surface area contributed by atoms with Crippen molar-refractivity contribution in [1.29, 1.82) is 0 Å². The van der Waals surface area contributed by atoms with E-state index in [0.29, 0.717) is 6.04 Å². The molecule has 0 spiro atoms. The fraction of sp³-hybridized carbons (Fsp3) is 0.571. The van der Waals surface area contributed by atoms with E-state index >= 15 is 0 Å². The van der Waals surface area contributed by atoms with Gasteiger partial charge < -0.3 is 10.4 Å². The van der Waals surface area contributed by atoms with Crippen LogP contribution in [0, 0.1) is 11.8 Å². The Morgan fingerprint density at radius 1 is 1.12 bits per heavy atom. The summed E-state index contributed by atoms with van der Waals surface area (Å²) in [6, 6.07) is 8.77. The summed E-state index contributed by atoms with van der Waals surface area (Å²) in [4.78, 5) is 0. The highest BCUT2D eigenvalue weighted by Gasteiger charge is 2.41. The molecule has 1 aromatic carbocycles. The number of nitrogens with one attached hydrogen (secondary N) is 1. The van der Waals surface area contributed by atoms with Gasteiger partial charge in [0.15, 0.2) is 0 Å². The third kappa shape index (κ3) is 2.07. The molecule has 3 rings (SSSR count). The smallest absolute Gasteiger partial charge is 0.0701 e. The Kier molecular flexibility index (Phi) is 2.60. The summed E-state index contributed by atoms with van der Waals surface area (Å²) >= 11 is 0. The van der Waals surface area contributed by atoms with Gasteiger partial charge in [-0.05, 0) is 43.6 Å². The lowest BCUT2D eigenvalue weighted by atomic mass is 10.1. The predicted molar refractivity (Wildman–Crippen MR) is 65.2 cm³/mol. The van der Waals surface area contributed by atoms with Crippen molar-refractivity contribution in [2.45, 2.75) is 38.3 Å². The van der Waals surface area contributed by atoms with Gasteiger partial charge in [0.05, 0.1) is 6.61 Å². The zero-order chi connectivity index (χ0) is 11.0. The van der Waals surface area contributed by atoms with Crippen LogP contribution in [-0.2, 0) is 6.61 Å². The molecule has 0 bridgehead atoms. The van der Waals surface area contributed by atoms with Gasteiger partial charge in [0.1, 0.15) is 0 Å². The van der Waals surface area contributed by atoms with E-state index in [-0.39, 0.29) is 6.61 Å². The number of anilines is 1. The van der Waals surface area contributed by atoms with E-state index < -0.39 is 0 Å². The lowest BCUT2D eigenvalue weighted by Crippen LogP contribution is -2.24. The van der Waals surface area contributed by atoms with Gasteiger partial charge >= 0.3 is 0 Å². The summed E-state index contributed by atoms with van der Waals surface area (Å²) in [7, 11) is 0. The molecule has 0 aromatic heterocycles. The Balaban J connectivity index is 1.75. The first-order chi connectivity index (χ1) is 7.88. The van der Waals surface area contributed by atoms with Gasteiger partial charge in [0.25, 0.3) is 0 Å². The SMILES string of the molecule is OCc1ccccc1NC(C1CC1)C1CC1. The quantitative estimate of drug-likeness (QED) is 0.795. The number of aliphatic hydroxyl groups is 1. The third-order valence-electron chi connectivity index (χ3n) is 3.77. The molecule has 2 aliphatic rings. The van der Waals surface area contributed by atoms with Crippen LogP contribution < -0.4 is 5.32 Å². The van der Waals surface area contributed by atoms with Crippen molar-refractivity contribution in [2.75, 3.05) is 5.32 Å². The van der Waals surface area contributed by atoms with E-state index in [2.05, 4.69) is 11.4 Å². The van der Waals surface area contributed by atoms with Crippen molar-refractivity contribution < 1.29 is 5.11 Å². The molecule has 2 aliphatic carbocycles. The summed E-state index contributed by atoms with van der Waals surface area (Å²) < 4.78 is 0. The van der Waals surface area contributed by atoms with Gasteiger partial charge in [-0.25, -0.2) is 0 Å². The van der Waals surface area contributed by atoms with Crippen LogP contribution in [0.4, 0.5) is 5.69 Å². The average molecular weight is 217 g/mol. The predicted octanol–water partition coefficient (Wildman–Crippen LogP) is 2.78. The minimum atomic E-state index is 0.130. The Labute approximate surface area is 96.7 Å². The molecular formula is C14H19NO. The van der Waals surface area contributed by atoms with Gasteiger partial charge in [0.2, 0.25) is 0 Å². The largest absolute Gasteiger partial charge is 0.392 e. The van der Waals surface area contributed by atoms with E-state index in [1.165, 1.54) is 25.7 Å². The zero-order valence-corrected chi connectivity index (χ0v) is 9.52. The maximum Gasteiger partial charge on any atom is 0.0701 e. The molecular weight excluding hydrogens is 198 g/mol. The number of hydrogen-bond donors (Lipinski definition) is 2. The molecule has 2 fully saturated rings. The summed E-state index contributed by atoms with van der Waals surface area (Å²) in [5.41, 5.74) is 2.16. The number of para-hydroxylation sites is 1. The Morgan fingerprint density at radius 3 is 2.31 bits per heavy atom. The summed E-state index contributed by atoms with van der Waals surface area (Å²) in [5, 5.41) is 13.0. The first kappa shape index (κ1) is 10.2. The Morgan fingerprint density at radius 2 is 1.75 bits per heavy atom. The maximum atomic E-state index is 9.30. The van der Waals surface area contributed by atoms with E-state index in [1.807, 2.05) is 18.2 Å². The van der Waals surface area contributed by atoms with Gasteiger partial charge in [-0.15, -0.1) is 0 Å². The second-order valence-corrected chi connectivity index (χ2v) is 5.16. The fourth-order valence-corrected chi connectivity index (χ4v) is 2.51. The standard InChI is InChI=1S/C14H19NO/c16-9-12-3-1-2-4-13(12)15-14(10-5-6-10)11-7-8-11/h1-4,10-11,14-16H,5-9H2. The third-order valence-corrected chi connectivity index (χ3v) is 3.77. The molecule has 0 unspecified atom stereocenters. The number of aliphatic hydroxyl groups excluding tert-OH is 1. The summed E-state index contributed by atoms with van der Waals surface area (Å²) in [5.74, 6) is 1.78. The highest BCUT2D eigenvalue weighted by molar-refractivity contribution is 5.52. The topological polar surface area (TPSA) is 32.3 Å². The van der Waals surface area contributed by atoms with Gasteiger partial charge in [0, 0.05) is 17.3 Å². The Bertz CT molecular complexity index is 357. The Hall–Kier alpha value is -1.02. The van der Waals surface area contributed by atoms with Gasteiger partial charge in [-0.2, -0.15) is 0 Å². The van der Waals surface area contributed by atoms with Crippen LogP contribution in [0.3, 0.4) is 0 Å². The molecule has 0 radical (unpaired) electrons. The molecule has 2 N–H and O–H groups in total. The van der Waals surface area contributed by atoms with E-state index in [0.717, 1.165) is 23.1 Å². The molecule has 0 amide bonds. The summed E-state index contributed by atoms with van der Waals surface area (Å²) in [6.07, 6.45) is 5.54. The van der Waals surface area contributed by atoms with Crippen LogP contribution in [0.2, 0.25) is 0 Å². The fourth-order valence-electron chi connectivity index (χ4n) is 2.51. The number of benzene rings is 1. The lowest BCUT2D eigenvalue weighted by Gasteiger charge is -2.20. The minimum absolute atomic E-state index is 0.130. The second-order valence-electron chi connectivity index (χ2n) is 5.16. The molecule has 2 nitrogen and oxygen atoms in total. The molecule has 0 saturated heterocycles. The van der Waals surface area contributed by atoms with Crippen molar-refractivity contribution in [3.8, 4) is 0 Å². The van der Waals surface area contributed by atoms with Gasteiger partial charge in [-0.3, -0.25) is 0 Å². The first-order valence-electron chi connectivity index (χ1n) is 6.34. The highest BCUT2D eigenvalue weighted by atomic mass is 16.3. The molecule has 0 heterocycles. The summed E-state index contributed by atoms with van der Waals surface area (Å²) in [6.45, 7) is 0.130. The molecule has 86 valence electrons. The van der Waals surface area contributed by atoms with Crippen molar-refractivity contribution >= 4 is 5.69 Å². The normalized spacial score (nSPS) is 20.1. The average Bonchev–Trinajstić information content (AvgIpc) is 3.18. The number of rotatable bonds is 5. The monoisotopic (exact) mass is 217 g/mol. The zero-order valence-electron chi connectivity index (χ0n) is 9.52. The molecule has 0 atom stereocenters. The van der Waals surface area contributed by atoms with Gasteiger partial charge in [-0.1, -0.05) is 18.2 Å². The second kappa shape index (κ2) is 4.10. The molecule has 2 saturated carbocycles. The van der Waals surface area contributed by atoms with Crippen molar-refractivity contribution in [1.82, 2.24) is 0 Å². The van der Waals surface area contributed by atoms with Crippen LogP contribution in [0.1, 0.15) is 31.2 Å². The van der Waals surface area contributed by atoms with E-state index in [1.54, 1.807) is 0 Å².